The van der Waals surface area contributed by atoms with Gasteiger partial charge in [0.25, 0.3) is 5.91 Å². The van der Waals surface area contributed by atoms with E-state index in [-0.39, 0.29) is 11.3 Å². The van der Waals surface area contributed by atoms with Crippen molar-refractivity contribution in [1.29, 1.82) is 0 Å². The van der Waals surface area contributed by atoms with Crippen molar-refractivity contribution in [3.63, 3.8) is 0 Å². The monoisotopic (exact) mass is 560 g/mol. The third-order valence-corrected chi connectivity index (χ3v) is 7.36. The number of benzene rings is 1. The number of Topliss-reactive ketones (excluding diaryl/α,β-unsaturated/α-hetero) is 2. The van der Waals surface area contributed by atoms with E-state index in [1.54, 1.807) is 19.1 Å². The fraction of sp³-hybridized carbons (Fsp3) is 0.346. The van der Waals surface area contributed by atoms with Crippen LogP contribution in [0.3, 0.4) is 0 Å². The summed E-state index contributed by atoms with van der Waals surface area (Å²) in [5, 5.41) is 70.7. The molecule has 214 valence electrons. The summed E-state index contributed by atoms with van der Waals surface area (Å²) < 4.78 is 0. The molecule has 1 amide bonds. The predicted octanol–water partition coefficient (Wildman–Crippen LogP) is -0.636. The number of phenolic OH excluding ortho intramolecular Hbond substituents is 1. The van der Waals surface area contributed by atoms with Crippen LogP contribution in [0, 0.1) is 11.8 Å². The molecule has 0 aliphatic heterocycles. The van der Waals surface area contributed by atoms with Gasteiger partial charge in [-0.2, -0.15) is 0 Å². The lowest BCUT2D eigenvalue weighted by Gasteiger charge is -2.53. The van der Waals surface area contributed by atoms with E-state index >= 15 is 0 Å². The zero-order valence-corrected chi connectivity index (χ0v) is 21.5. The molecule has 0 aromatic heterocycles. The number of nitrogens with zero attached hydrogens (tertiary/aromatic N) is 1. The number of aliphatic hydroxyl groups is 4. The predicted molar refractivity (Wildman–Crippen MR) is 134 cm³/mol. The zero-order chi connectivity index (χ0) is 30.4. The van der Waals surface area contributed by atoms with Crippen LogP contribution in [0.2, 0.25) is 0 Å². The minimum Gasteiger partial charge on any atom is -0.510 e. The van der Waals surface area contributed by atoms with Crippen LogP contribution < -0.4 is 5.73 Å². The number of carbonyl (C=O) groups excluding carboxylic acids is 3. The van der Waals surface area contributed by atoms with Crippen LogP contribution in [0.5, 0.6) is 5.75 Å². The van der Waals surface area contributed by atoms with Crippen molar-refractivity contribution in [3.8, 4) is 5.75 Å². The number of hydrogen-bond donors (Lipinski definition) is 8. The van der Waals surface area contributed by atoms with E-state index in [2.05, 4.69) is 0 Å². The number of ketones is 2. The lowest BCUT2D eigenvalue weighted by atomic mass is 9.55. The molecular weight excluding hydrogens is 532 g/mol. The molecule has 3 aliphatic rings. The maximum Gasteiger partial charge on any atom is 0.328 e. The number of nitrogens with two attached hydrogens (primary N) is 1. The Morgan fingerprint density at radius 2 is 1.57 bits per heavy atom. The molecule has 40 heavy (non-hydrogen) atoms. The third kappa shape index (κ3) is 4.51. The number of aliphatic hydroxyl groups excluding tert-OH is 3. The largest absolute Gasteiger partial charge is 0.510 e. The van der Waals surface area contributed by atoms with Crippen molar-refractivity contribution >= 4 is 29.4 Å². The number of likely N-dealkylation sites (N-methyl/N-ethyl adjacent to an activating group) is 1. The Morgan fingerprint density at radius 1 is 1.02 bits per heavy atom. The number of carboxylic acids is 2. The Kier molecular flexibility index (Phi) is 7.92. The molecule has 0 heterocycles. The van der Waals surface area contributed by atoms with E-state index in [9.17, 15) is 49.5 Å². The summed E-state index contributed by atoms with van der Waals surface area (Å²) in [7, 11) is 2.98. The second kappa shape index (κ2) is 10.6. The minimum absolute atomic E-state index is 0.104. The lowest BCUT2D eigenvalue weighted by molar-refractivity contribution is -0.162. The van der Waals surface area contributed by atoms with Crippen molar-refractivity contribution < 1.29 is 59.7 Å². The quantitative estimate of drug-likeness (QED) is 0.169. The maximum atomic E-state index is 13.3. The van der Waals surface area contributed by atoms with Gasteiger partial charge in [-0.1, -0.05) is 19.1 Å². The van der Waals surface area contributed by atoms with Crippen molar-refractivity contribution in [3.05, 3.63) is 64.1 Å². The Bertz CT molecular complexity index is 1390. The van der Waals surface area contributed by atoms with Crippen LogP contribution >= 0.6 is 0 Å². The summed E-state index contributed by atoms with van der Waals surface area (Å²) in [5.74, 6) is -11.4. The number of carbonyl (C=O) groups is 5. The molecule has 0 saturated carbocycles. The van der Waals surface area contributed by atoms with Crippen molar-refractivity contribution in [2.24, 2.45) is 17.6 Å². The van der Waals surface area contributed by atoms with Gasteiger partial charge in [0.05, 0.1) is 23.6 Å². The SMILES string of the molecule is C[C@H]1c2cccc(O)c2C(=O)C2=C(O)[C@]3(O)C(=O)C(C(N)=O)=C(O)[C@@H](N(C)C)[C@H]3[C@@H](O)[C@@H]21.O=C(O)C=CC(=O)O. The molecule has 0 fully saturated rings. The summed E-state index contributed by atoms with van der Waals surface area (Å²) in [4.78, 5) is 58.9. The van der Waals surface area contributed by atoms with Gasteiger partial charge in [-0.3, -0.25) is 19.3 Å². The standard InChI is InChI=1S/C22H24N2O8.C4H4O4/c1-7-8-5-4-6-9(25)11(8)16(26)12-10(7)17(27)14-15(24(2)3)18(28)13(21(23)31)20(30)22(14,32)19(12)29;5-3(6)1-2-4(7)8/h4-7,10,14-15,17,25,27-29,32H,1-3H3,(H2,23,31);1-2H,(H,5,6)(H,7,8)/t7-,10+,14-,15-,17-,22-;/m0./s1. The summed E-state index contributed by atoms with van der Waals surface area (Å²) in [5.41, 5.74) is 1.36. The van der Waals surface area contributed by atoms with Gasteiger partial charge in [0, 0.05) is 23.6 Å². The molecule has 3 aliphatic carbocycles. The topological polar surface area (TPSA) is 256 Å². The average Bonchev–Trinajstić information content (AvgIpc) is 2.85. The molecule has 4 rings (SSSR count). The lowest BCUT2D eigenvalue weighted by Crippen LogP contribution is -2.68. The van der Waals surface area contributed by atoms with Crippen LogP contribution in [0.1, 0.15) is 28.8 Å². The minimum atomic E-state index is -2.89. The van der Waals surface area contributed by atoms with E-state index in [1.165, 1.54) is 25.1 Å². The summed E-state index contributed by atoms with van der Waals surface area (Å²) in [6, 6.07) is 3.17. The van der Waals surface area contributed by atoms with Gasteiger partial charge in [-0.15, -0.1) is 0 Å². The molecule has 0 radical (unpaired) electrons. The number of fused-ring (bicyclic) bond motifs is 3. The molecule has 0 spiro atoms. The number of primary amides is 1. The fourth-order valence-electron chi connectivity index (χ4n) is 5.72. The first-order chi connectivity index (χ1) is 18.5. The van der Waals surface area contributed by atoms with Crippen molar-refractivity contribution in [2.75, 3.05) is 14.1 Å². The highest BCUT2D eigenvalue weighted by Crippen LogP contribution is 2.55. The molecule has 14 heteroatoms. The third-order valence-electron chi connectivity index (χ3n) is 7.36. The second-order valence-corrected chi connectivity index (χ2v) is 9.80. The van der Waals surface area contributed by atoms with Crippen LogP contribution in [-0.2, 0) is 19.2 Å². The van der Waals surface area contributed by atoms with E-state index in [4.69, 9.17) is 15.9 Å². The summed E-state index contributed by atoms with van der Waals surface area (Å²) in [6.45, 7) is 1.68. The first-order valence-electron chi connectivity index (χ1n) is 11.8. The Labute approximate surface area is 226 Å². The van der Waals surface area contributed by atoms with Crippen LogP contribution in [0.4, 0.5) is 0 Å². The molecule has 0 unspecified atom stereocenters. The van der Waals surface area contributed by atoms with Crippen LogP contribution in [-0.4, -0.2) is 102 Å². The summed E-state index contributed by atoms with van der Waals surface area (Å²) in [6.07, 6.45) is -0.474. The zero-order valence-electron chi connectivity index (χ0n) is 21.5. The van der Waals surface area contributed by atoms with Crippen molar-refractivity contribution in [2.45, 2.75) is 30.6 Å². The number of aliphatic carboxylic acids is 2. The molecule has 1 aromatic rings. The van der Waals surface area contributed by atoms with Gasteiger partial charge in [0.1, 0.15) is 22.8 Å². The van der Waals surface area contributed by atoms with Crippen LogP contribution in [0.25, 0.3) is 0 Å². The van der Waals surface area contributed by atoms with Crippen LogP contribution in [0.15, 0.2) is 53.0 Å². The van der Waals surface area contributed by atoms with E-state index in [0.29, 0.717) is 17.7 Å². The first-order valence-corrected chi connectivity index (χ1v) is 11.8. The highest BCUT2D eigenvalue weighted by molar-refractivity contribution is 6.25. The molecule has 6 atom stereocenters. The number of phenols is 1. The molecule has 0 bridgehead atoms. The van der Waals surface area contributed by atoms with E-state index in [0.717, 1.165) is 0 Å². The van der Waals surface area contributed by atoms with Gasteiger partial charge in [0.2, 0.25) is 5.78 Å². The van der Waals surface area contributed by atoms with Gasteiger partial charge < -0.3 is 41.5 Å². The Morgan fingerprint density at radius 3 is 2.05 bits per heavy atom. The average molecular weight is 561 g/mol. The van der Waals surface area contributed by atoms with Crippen molar-refractivity contribution in [1.82, 2.24) is 4.90 Å². The molecule has 9 N–H and O–H groups in total. The molecular formula is C26H28N2O12. The Hall–Kier alpha value is -4.53. The normalized spacial score (nSPS) is 29.4. The highest BCUT2D eigenvalue weighted by Gasteiger charge is 2.67. The first kappa shape index (κ1) is 30.0. The van der Waals surface area contributed by atoms with Gasteiger partial charge in [0.15, 0.2) is 11.4 Å². The maximum absolute atomic E-state index is 13.3. The molecule has 14 nitrogen and oxygen atoms in total. The smallest absolute Gasteiger partial charge is 0.328 e. The van der Waals surface area contributed by atoms with E-state index in [1.807, 2.05) is 0 Å². The Balaban J connectivity index is 0.000000482. The fourth-order valence-corrected chi connectivity index (χ4v) is 5.72. The number of carboxylic acid groups (broad SMARTS) is 2. The number of amides is 1. The molecule has 0 saturated heterocycles. The number of hydrogen-bond acceptors (Lipinski definition) is 11. The number of rotatable bonds is 4. The van der Waals surface area contributed by atoms with Gasteiger partial charge in [-0.05, 0) is 31.6 Å². The summed E-state index contributed by atoms with van der Waals surface area (Å²) >= 11 is 0. The second-order valence-electron chi connectivity index (χ2n) is 9.80. The van der Waals surface area contributed by atoms with Gasteiger partial charge >= 0.3 is 11.9 Å². The highest BCUT2D eigenvalue weighted by atomic mass is 16.4. The molecule has 1 aromatic carbocycles. The van der Waals surface area contributed by atoms with E-state index < -0.39 is 87.6 Å². The van der Waals surface area contributed by atoms with Gasteiger partial charge in [-0.25, -0.2) is 9.59 Å². The number of aromatic hydroxyl groups is 1.